The molecule has 0 aliphatic carbocycles. The van der Waals surface area contributed by atoms with Crippen LogP contribution in [0.25, 0.3) is 11.1 Å². The zero-order valence-electron chi connectivity index (χ0n) is 42.0. The number of allylic oxidation sites excluding steroid dienone is 3. The van der Waals surface area contributed by atoms with E-state index in [-0.39, 0.29) is 24.7 Å². The van der Waals surface area contributed by atoms with Crippen molar-refractivity contribution in [2.75, 3.05) is 40.0 Å². The van der Waals surface area contributed by atoms with Crippen LogP contribution in [0.1, 0.15) is 131 Å². The van der Waals surface area contributed by atoms with Crippen molar-refractivity contribution in [2.24, 2.45) is 5.92 Å². The number of nitrogen functional groups attached to an aromatic ring is 1. The van der Waals surface area contributed by atoms with Crippen molar-refractivity contribution < 1.29 is 38.0 Å². The minimum absolute atomic E-state index is 0.0740. The molecule has 2 aliphatic rings. The Morgan fingerprint density at radius 3 is 1.94 bits per heavy atom. The Morgan fingerprint density at radius 1 is 0.821 bits per heavy atom. The molecular formula is C57H76N2O8. The fourth-order valence-corrected chi connectivity index (χ4v) is 7.33. The van der Waals surface area contributed by atoms with Crippen LogP contribution in [0.3, 0.4) is 0 Å². The van der Waals surface area contributed by atoms with E-state index in [0.717, 1.165) is 52.0 Å². The molecule has 0 bridgehead atoms. The van der Waals surface area contributed by atoms with Crippen molar-refractivity contribution in [3.05, 3.63) is 138 Å². The van der Waals surface area contributed by atoms with Gasteiger partial charge >= 0.3 is 0 Å². The molecule has 0 aromatic heterocycles. The summed E-state index contributed by atoms with van der Waals surface area (Å²) in [6.45, 7) is 27.3. The van der Waals surface area contributed by atoms with Crippen LogP contribution in [0.15, 0.2) is 104 Å². The second-order valence-corrected chi connectivity index (χ2v) is 16.8. The van der Waals surface area contributed by atoms with Gasteiger partial charge in [-0.25, -0.2) is 0 Å². The number of carbonyl (C=O) groups excluding carboxylic acids is 2. The van der Waals surface area contributed by atoms with Gasteiger partial charge in [-0.05, 0) is 140 Å². The molecule has 67 heavy (non-hydrogen) atoms. The first-order valence-corrected chi connectivity index (χ1v) is 23.5. The number of methoxy groups -OCH3 is 2. The Kier molecular flexibility index (Phi) is 23.4. The molecule has 2 N–H and O–H groups in total. The van der Waals surface area contributed by atoms with E-state index in [9.17, 15) is 4.79 Å². The van der Waals surface area contributed by atoms with Crippen LogP contribution in [0.2, 0.25) is 0 Å². The first-order valence-electron chi connectivity index (χ1n) is 23.5. The molecule has 0 fully saturated rings. The van der Waals surface area contributed by atoms with Gasteiger partial charge in [-0.15, -0.1) is 13.2 Å². The summed E-state index contributed by atoms with van der Waals surface area (Å²) >= 11 is 0. The summed E-state index contributed by atoms with van der Waals surface area (Å²) in [6, 6.07) is 21.4. The first-order chi connectivity index (χ1) is 32.2. The number of unbranched alkanes of at least 4 members (excludes halogenated alkanes) is 2. The number of carbonyl (C=O) groups is 2. The highest BCUT2D eigenvalue weighted by Crippen LogP contribution is 2.40. The molecule has 1 amide bonds. The summed E-state index contributed by atoms with van der Waals surface area (Å²) in [4.78, 5) is 24.6. The van der Waals surface area contributed by atoms with Gasteiger partial charge in [-0.1, -0.05) is 90.3 Å². The summed E-state index contributed by atoms with van der Waals surface area (Å²) in [5, 5.41) is 0. The molecule has 0 saturated heterocycles. The minimum Gasteiger partial charge on any atom is -0.493 e. The van der Waals surface area contributed by atoms with Crippen molar-refractivity contribution in [1.29, 1.82) is 0 Å². The van der Waals surface area contributed by atoms with E-state index in [1.807, 2.05) is 80.7 Å². The third kappa shape index (κ3) is 16.2. The van der Waals surface area contributed by atoms with Gasteiger partial charge in [-0.2, -0.15) is 0 Å². The number of nitrogens with zero attached hydrogens (tertiary/aromatic N) is 1. The lowest BCUT2D eigenvalue weighted by Crippen LogP contribution is -2.32. The van der Waals surface area contributed by atoms with Crippen LogP contribution in [0, 0.1) is 19.8 Å². The number of amides is 1. The predicted molar refractivity (Wildman–Crippen MR) is 276 cm³/mol. The highest BCUT2D eigenvalue weighted by Gasteiger charge is 2.32. The average molecular weight is 917 g/mol. The van der Waals surface area contributed by atoms with E-state index < -0.39 is 0 Å². The summed E-state index contributed by atoms with van der Waals surface area (Å²) in [6.07, 6.45) is 15.0. The van der Waals surface area contributed by atoms with Gasteiger partial charge in [0, 0.05) is 23.9 Å². The number of rotatable bonds is 18. The largest absolute Gasteiger partial charge is 0.493 e. The number of anilines is 1. The molecule has 0 spiro atoms. The van der Waals surface area contributed by atoms with Gasteiger partial charge in [0.1, 0.15) is 6.29 Å². The predicted octanol–water partition coefficient (Wildman–Crippen LogP) is 13.7. The van der Waals surface area contributed by atoms with Crippen LogP contribution in [0.5, 0.6) is 34.5 Å². The quantitative estimate of drug-likeness (QED) is 0.0450. The SMILES string of the molecule is C=CC(C)C/C(=C\C)c1ccc(N)cc1.C=CC1CC(c2ccc3c(c2)OCO3)=CN1C(=O)c1cc(OC)c(OCCCOc2cc(C)c(C)cc2OC)cc1C(C)C.CC=O.CCCCC. The Hall–Kier alpha value is -6.42. The highest BCUT2D eigenvalue weighted by molar-refractivity contribution is 5.99. The molecule has 0 saturated carbocycles. The van der Waals surface area contributed by atoms with Crippen molar-refractivity contribution in [3.63, 3.8) is 0 Å². The van der Waals surface area contributed by atoms with Gasteiger partial charge in [0.25, 0.3) is 5.91 Å². The molecule has 2 unspecified atom stereocenters. The maximum atomic E-state index is 14.1. The second kappa shape index (κ2) is 28.6. The monoisotopic (exact) mass is 917 g/mol. The number of hydrogen-bond donors (Lipinski definition) is 1. The number of nitrogens with two attached hydrogens (primary N) is 1. The summed E-state index contributed by atoms with van der Waals surface area (Å²) in [5.74, 6) is 4.43. The molecule has 2 heterocycles. The van der Waals surface area contributed by atoms with Crippen LogP contribution >= 0.6 is 0 Å². The Labute approximate surface area is 401 Å². The zero-order chi connectivity index (χ0) is 49.5. The highest BCUT2D eigenvalue weighted by atomic mass is 16.7. The summed E-state index contributed by atoms with van der Waals surface area (Å²) in [5.41, 5.74) is 14.8. The molecule has 4 aromatic rings. The molecule has 0 radical (unpaired) electrons. The van der Waals surface area contributed by atoms with Crippen LogP contribution in [-0.2, 0) is 4.79 Å². The third-order valence-corrected chi connectivity index (χ3v) is 11.4. The topological polar surface area (TPSA) is 119 Å². The first kappa shape index (κ1) is 54.9. The van der Waals surface area contributed by atoms with Crippen molar-refractivity contribution in [3.8, 4) is 34.5 Å². The van der Waals surface area contributed by atoms with Crippen LogP contribution in [0.4, 0.5) is 5.69 Å². The second-order valence-electron chi connectivity index (χ2n) is 16.8. The van der Waals surface area contributed by atoms with Gasteiger partial charge in [-0.3, -0.25) is 4.79 Å². The molecule has 362 valence electrons. The van der Waals surface area contributed by atoms with Crippen molar-refractivity contribution in [1.82, 2.24) is 4.90 Å². The standard InChI is InChI=1S/C36H41NO7.C14H19N.C5H12.C2H4O/c1-8-27-16-26(25-10-11-30-34(17-25)44-21-43-30)20-37(27)36(38)29-19-32(40-7)35(18-28(29)22(2)3)42-13-9-12-41-33-15-24(5)23(4)14-31(33)39-6;1-4-11(3)10-12(5-2)13-6-8-14(15)9-7-13;1-3-5-4-2;1-2-3/h8,10-11,14-15,17-20,22,27H,1,9,12-13,16,21H2,2-7H3;4-9,11H,1,10,15H2,2-3H3;3-5H2,1-2H3;2H,1H3/b;12-5+;;. The van der Waals surface area contributed by atoms with E-state index in [1.165, 1.54) is 37.3 Å². The van der Waals surface area contributed by atoms with E-state index in [1.54, 1.807) is 25.2 Å². The maximum Gasteiger partial charge on any atom is 0.258 e. The molecule has 2 aliphatic heterocycles. The number of fused-ring (bicyclic) bond motifs is 1. The van der Waals surface area contributed by atoms with Gasteiger partial charge in [0.05, 0.1) is 33.5 Å². The number of aldehydes is 1. The van der Waals surface area contributed by atoms with Crippen LogP contribution in [-0.4, -0.2) is 57.4 Å². The lowest BCUT2D eigenvalue weighted by molar-refractivity contribution is -0.106. The fraction of sp³-hybridized carbons (Fsp3) is 0.404. The van der Waals surface area contributed by atoms with E-state index in [0.29, 0.717) is 66.3 Å². The zero-order valence-corrected chi connectivity index (χ0v) is 42.0. The van der Waals surface area contributed by atoms with E-state index >= 15 is 0 Å². The van der Waals surface area contributed by atoms with E-state index in [2.05, 4.69) is 72.9 Å². The maximum absolute atomic E-state index is 14.1. The number of hydrogen-bond acceptors (Lipinski definition) is 9. The molecular weight excluding hydrogens is 841 g/mol. The van der Waals surface area contributed by atoms with Crippen molar-refractivity contribution in [2.45, 2.75) is 113 Å². The summed E-state index contributed by atoms with van der Waals surface area (Å²) < 4.78 is 34.4. The van der Waals surface area contributed by atoms with E-state index in [4.69, 9.17) is 38.9 Å². The smallest absolute Gasteiger partial charge is 0.258 e. The lowest BCUT2D eigenvalue weighted by Gasteiger charge is -2.24. The molecule has 6 rings (SSSR count). The van der Waals surface area contributed by atoms with Crippen LogP contribution < -0.4 is 34.2 Å². The molecule has 10 heteroatoms. The molecule has 10 nitrogen and oxygen atoms in total. The number of aryl methyl sites for hydroxylation is 2. The van der Waals surface area contributed by atoms with Gasteiger partial charge in [0.15, 0.2) is 34.5 Å². The normalized spacial score (nSPS) is 13.9. The van der Waals surface area contributed by atoms with Gasteiger partial charge in [0.2, 0.25) is 6.79 Å². The van der Waals surface area contributed by atoms with Crippen molar-refractivity contribution >= 4 is 29.0 Å². The molecule has 4 aromatic carbocycles. The summed E-state index contributed by atoms with van der Waals surface area (Å²) in [7, 11) is 3.23. The third-order valence-electron chi connectivity index (χ3n) is 11.4. The molecule has 2 atom stereocenters. The number of ether oxygens (including phenoxy) is 6. The Bertz CT molecular complexity index is 2270. The lowest BCUT2D eigenvalue weighted by atomic mass is 9.95. The van der Waals surface area contributed by atoms with Gasteiger partial charge < -0.3 is 43.8 Å². The Morgan fingerprint density at radius 2 is 1.40 bits per heavy atom. The average Bonchev–Trinajstić information content (AvgIpc) is 4.00. The Balaban J connectivity index is 0.000000426. The number of benzene rings is 4. The minimum atomic E-state index is -0.180. The fourth-order valence-electron chi connectivity index (χ4n) is 7.33.